The first-order valence-corrected chi connectivity index (χ1v) is 6.94. The molecule has 1 amide bonds. The second-order valence-corrected chi connectivity index (χ2v) is 4.64. The topological polar surface area (TPSA) is 38.3 Å². The van der Waals surface area contributed by atoms with Crippen LogP contribution in [0.5, 0.6) is 5.75 Å². The minimum Gasteiger partial charge on any atom is -0.494 e. The average Bonchev–Trinajstić information content (AvgIpc) is 2.48. The molecule has 3 nitrogen and oxygen atoms in total. The minimum absolute atomic E-state index is 0.0941. The van der Waals surface area contributed by atoms with Crippen LogP contribution in [-0.2, 0) is 11.2 Å². The van der Waals surface area contributed by atoms with Crippen LogP contribution in [0.25, 0.3) is 0 Å². The van der Waals surface area contributed by atoms with Crippen LogP contribution in [0.2, 0.25) is 0 Å². The van der Waals surface area contributed by atoms with E-state index in [0.717, 1.165) is 17.0 Å². The third-order valence-corrected chi connectivity index (χ3v) is 2.98. The molecule has 2 aromatic rings. The molecule has 4 heteroatoms. The lowest BCUT2D eigenvalue weighted by Gasteiger charge is -2.07. The van der Waals surface area contributed by atoms with Crippen LogP contribution in [0, 0.1) is 5.82 Å². The van der Waals surface area contributed by atoms with Crippen LogP contribution in [0.15, 0.2) is 48.5 Å². The molecular formula is C17H18FNO2. The maximum Gasteiger partial charge on any atom is 0.224 e. The predicted octanol–water partition coefficient (Wildman–Crippen LogP) is 3.80. The van der Waals surface area contributed by atoms with Crippen LogP contribution in [0.4, 0.5) is 10.1 Å². The number of benzene rings is 2. The second kappa shape index (κ2) is 7.43. The van der Waals surface area contributed by atoms with Crippen LogP contribution >= 0.6 is 0 Å². The van der Waals surface area contributed by atoms with Crippen LogP contribution in [-0.4, -0.2) is 12.5 Å². The molecule has 0 aliphatic carbocycles. The number of halogens is 1. The van der Waals surface area contributed by atoms with Crippen molar-refractivity contribution >= 4 is 11.6 Å². The summed E-state index contributed by atoms with van der Waals surface area (Å²) < 4.78 is 18.4. The summed E-state index contributed by atoms with van der Waals surface area (Å²) in [6, 6.07) is 13.5. The van der Waals surface area contributed by atoms with E-state index in [1.807, 2.05) is 25.1 Å². The molecule has 0 aliphatic heterocycles. The fraction of sp³-hybridized carbons (Fsp3) is 0.235. The van der Waals surface area contributed by atoms with Crippen molar-refractivity contribution < 1.29 is 13.9 Å². The van der Waals surface area contributed by atoms with Gasteiger partial charge in [-0.05, 0) is 55.3 Å². The van der Waals surface area contributed by atoms with Crippen molar-refractivity contribution in [1.82, 2.24) is 0 Å². The highest BCUT2D eigenvalue weighted by atomic mass is 19.1. The maximum absolute atomic E-state index is 13.0. The number of carbonyl (C=O) groups excluding carboxylic acids is 1. The lowest BCUT2D eigenvalue weighted by molar-refractivity contribution is -0.116. The summed E-state index contributed by atoms with van der Waals surface area (Å²) in [5.74, 6) is 0.401. The molecule has 0 heterocycles. The van der Waals surface area contributed by atoms with Gasteiger partial charge in [0, 0.05) is 12.1 Å². The van der Waals surface area contributed by atoms with E-state index in [0.29, 0.717) is 19.4 Å². The lowest BCUT2D eigenvalue weighted by Crippen LogP contribution is -2.12. The molecule has 0 aliphatic rings. The standard InChI is InChI=1S/C17H18FNO2/c1-2-21-16-9-7-15(8-10-16)19-17(20)11-6-13-4-3-5-14(18)12-13/h3-5,7-10,12H,2,6,11H2,1H3,(H,19,20). The van der Waals surface area contributed by atoms with Gasteiger partial charge in [-0.25, -0.2) is 4.39 Å². The second-order valence-electron chi connectivity index (χ2n) is 4.64. The lowest BCUT2D eigenvalue weighted by atomic mass is 10.1. The van der Waals surface area contributed by atoms with Crippen molar-refractivity contribution in [3.63, 3.8) is 0 Å². The summed E-state index contributed by atoms with van der Waals surface area (Å²) in [6.07, 6.45) is 0.831. The number of amides is 1. The number of ether oxygens (including phenoxy) is 1. The molecule has 2 rings (SSSR count). The Morgan fingerprint density at radius 1 is 1.19 bits per heavy atom. The average molecular weight is 287 g/mol. The number of carbonyl (C=O) groups is 1. The molecule has 1 N–H and O–H groups in total. The van der Waals surface area contributed by atoms with Crippen LogP contribution < -0.4 is 10.1 Å². The molecule has 21 heavy (non-hydrogen) atoms. The highest BCUT2D eigenvalue weighted by molar-refractivity contribution is 5.90. The SMILES string of the molecule is CCOc1ccc(NC(=O)CCc2cccc(F)c2)cc1. The van der Waals surface area contributed by atoms with Crippen molar-refractivity contribution in [2.75, 3.05) is 11.9 Å². The highest BCUT2D eigenvalue weighted by Crippen LogP contribution is 2.16. The van der Waals surface area contributed by atoms with E-state index in [9.17, 15) is 9.18 Å². The summed E-state index contributed by atoms with van der Waals surface area (Å²) in [6.45, 7) is 2.53. The third kappa shape index (κ3) is 4.91. The Labute approximate surface area is 123 Å². The Bertz CT molecular complexity index is 596. The number of nitrogens with one attached hydrogen (secondary N) is 1. The maximum atomic E-state index is 13.0. The van der Waals surface area contributed by atoms with Crippen molar-refractivity contribution in [1.29, 1.82) is 0 Å². The Balaban J connectivity index is 1.84. The van der Waals surface area contributed by atoms with Gasteiger partial charge < -0.3 is 10.1 Å². The Morgan fingerprint density at radius 2 is 1.95 bits per heavy atom. The summed E-state index contributed by atoms with van der Waals surface area (Å²) in [4.78, 5) is 11.8. The summed E-state index contributed by atoms with van der Waals surface area (Å²) >= 11 is 0. The molecule has 0 aromatic heterocycles. The fourth-order valence-electron chi connectivity index (χ4n) is 1.97. The molecule has 0 saturated heterocycles. The molecule has 0 saturated carbocycles. The van der Waals surface area contributed by atoms with E-state index in [-0.39, 0.29) is 11.7 Å². The molecule has 0 fully saturated rings. The van der Waals surface area contributed by atoms with Crippen LogP contribution in [0.1, 0.15) is 18.9 Å². The Hall–Kier alpha value is -2.36. The van der Waals surface area contributed by atoms with Gasteiger partial charge >= 0.3 is 0 Å². The van der Waals surface area contributed by atoms with Crippen molar-refractivity contribution in [3.05, 3.63) is 59.9 Å². The van der Waals surface area contributed by atoms with Gasteiger partial charge in [0.15, 0.2) is 0 Å². The van der Waals surface area contributed by atoms with Gasteiger partial charge in [0.1, 0.15) is 11.6 Å². The van der Waals surface area contributed by atoms with E-state index in [4.69, 9.17) is 4.74 Å². The van der Waals surface area contributed by atoms with Gasteiger partial charge in [-0.15, -0.1) is 0 Å². The number of hydrogen-bond acceptors (Lipinski definition) is 2. The van der Waals surface area contributed by atoms with Crippen molar-refractivity contribution in [3.8, 4) is 5.75 Å². The van der Waals surface area contributed by atoms with Gasteiger partial charge in [0.05, 0.1) is 6.61 Å². The predicted molar refractivity (Wildman–Crippen MR) is 81.0 cm³/mol. The zero-order valence-corrected chi connectivity index (χ0v) is 11.9. The van der Waals surface area contributed by atoms with Gasteiger partial charge in [0.25, 0.3) is 0 Å². The summed E-state index contributed by atoms with van der Waals surface area (Å²) in [7, 11) is 0. The number of anilines is 1. The Kier molecular flexibility index (Phi) is 5.32. The molecular weight excluding hydrogens is 269 g/mol. The molecule has 0 spiro atoms. The quantitative estimate of drug-likeness (QED) is 0.877. The van der Waals surface area contributed by atoms with Gasteiger partial charge in [-0.2, -0.15) is 0 Å². The van der Waals surface area contributed by atoms with Crippen molar-refractivity contribution in [2.45, 2.75) is 19.8 Å². The monoisotopic (exact) mass is 287 g/mol. The molecule has 110 valence electrons. The van der Waals surface area contributed by atoms with Gasteiger partial charge in [-0.3, -0.25) is 4.79 Å². The number of rotatable bonds is 6. The first-order chi connectivity index (χ1) is 10.2. The molecule has 0 atom stereocenters. The normalized spacial score (nSPS) is 10.2. The van der Waals surface area contributed by atoms with Crippen LogP contribution in [0.3, 0.4) is 0 Å². The first-order valence-electron chi connectivity index (χ1n) is 6.94. The van der Waals surface area contributed by atoms with Crippen molar-refractivity contribution in [2.24, 2.45) is 0 Å². The van der Waals surface area contributed by atoms with Gasteiger partial charge in [0.2, 0.25) is 5.91 Å². The van der Waals surface area contributed by atoms with Gasteiger partial charge in [-0.1, -0.05) is 12.1 Å². The molecule has 0 bridgehead atoms. The molecule has 0 unspecified atom stereocenters. The van der Waals surface area contributed by atoms with E-state index >= 15 is 0 Å². The summed E-state index contributed by atoms with van der Waals surface area (Å²) in [5, 5.41) is 2.81. The zero-order chi connectivity index (χ0) is 15.1. The van der Waals surface area contributed by atoms with E-state index in [1.165, 1.54) is 12.1 Å². The minimum atomic E-state index is -0.278. The molecule has 0 radical (unpaired) electrons. The third-order valence-electron chi connectivity index (χ3n) is 2.98. The van der Waals surface area contributed by atoms with E-state index in [2.05, 4.69) is 5.32 Å². The number of aryl methyl sites for hydroxylation is 1. The Morgan fingerprint density at radius 3 is 2.62 bits per heavy atom. The summed E-state index contributed by atoms with van der Waals surface area (Å²) in [5.41, 5.74) is 1.54. The zero-order valence-electron chi connectivity index (χ0n) is 11.9. The number of hydrogen-bond donors (Lipinski definition) is 1. The van der Waals surface area contributed by atoms with E-state index < -0.39 is 0 Å². The first kappa shape index (κ1) is 15.0. The van der Waals surface area contributed by atoms with E-state index in [1.54, 1.807) is 18.2 Å². The molecule has 2 aromatic carbocycles. The highest BCUT2D eigenvalue weighted by Gasteiger charge is 2.04. The largest absolute Gasteiger partial charge is 0.494 e. The smallest absolute Gasteiger partial charge is 0.224 e. The fourth-order valence-corrected chi connectivity index (χ4v) is 1.97.